The standard InChI is InChI=1S/C16H30N2O3/c1-3-20-15(14-6-4-5-7-14)8-9-17-16(19)18-10-11-21-13(2)12-18/h13-15H,3-12H2,1-2H3,(H,17,19). The minimum atomic E-state index is 0.0341. The molecule has 0 aromatic carbocycles. The van der Waals surface area contributed by atoms with E-state index in [4.69, 9.17) is 9.47 Å². The SMILES string of the molecule is CCOC(CCNC(=O)N1CCOC(C)C1)C1CCCC1. The van der Waals surface area contributed by atoms with Crippen molar-refractivity contribution in [3.05, 3.63) is 0 Å². The lowest BCUT2D eigenvalue weighted by molar-refractivity contribution is -0.00437. The molecule has 2 fully saturated rings. The minimum absolute atomic E-state index is 0.0341. The van der Waals surface area contributed by atoms with Crippen LogP contribution in [0.15, 0.2) is 0 Å². The van der Waals surface area contributed by atoms with Crippen LogP contribution in [0.2, 0.25) is 0 Å². The van der Waals surface area contributed by atoms with Gasteiger partial charge in [0.2, 0.25) is 0 Å². The van der Waals surface area contributed by atoms with E-state index in [0.29, 0.717) is 38.3 Å². The number of rotatable bonds is 6. The Morgan fingerprint density at radius 2 is 2.19 bits per heavy atom. The van der Waals surface area contributed by atoms with E-state index < -0.39 is 0 Å². The Labute approximate surface area is 128 Å². The minimum Gasteiger partial charge on any atom is -0.378 e. The van der Waals surface area contributed by atoms with E-state index >= 15 is 0 Å². The second-order valence-electron chi connectivity index (χ2n) is 6.19. The second kappa shape index (κ2) is 8.59. The first-order valence-corrected chi connectivity index (χ1v) is 8.46. The first-order valence-electron chi connectivity index (χ1n) is 8.46. The Balaban J connectivity index is 1.69. The Hall–Kier alpha value is -0.810. The van der Waals surface area contributed by atoms with Crippen molar-refractivity contribution in [1.82, 2.24) is 10.2 Å². The molecule has 1 heterocycles. The lowest BCUT2D eigenvalue weighted by Gasteiger charge is -2.31. The van der Waals surface area contributed by atoms with Crippen LogP contribution in [-0.4, -0.2) is 56.0 Å². The maximum absolute atomic E-state index is 12.1. The van der Waals surface area contributed by atoms with Gasteiger partial charge in [-0.25, -0.2) is 4.79 Å². The van der Waals surface area contributed by atoms with Gasteiger partial charge in [-0.05, 0) is 39.0 Å². The largest absolute Gasteiger partial charge is 0.378 e. The van der Waals surface area contributed by atoms with Gasteiger partial charge in [0.05, 0.1) is 18.8 Å². The van der Waals surface area contributed by atoms with E-state index in [1.807, 2.05) is 11.8 Å². The summed E-state index contributed by atoms with van der Waals surface area (Å²) in [4.78, 5) is 14.0. The van der Waals surface area contributed by atoms with Crippen LogP contribution in [0.3, 0.4) is 0 Å². The molecule has 2 aliphatic rings. The zero-order valence-electron chi connectivity index (χ0n) is 13.5. The third-order valence-corrected chi connectivity index (χ3v) is 4.54. The van der Waals surface area contributed by atoms with Crippen LogP contribution in [0.1, 0.15) is 46.0 Å². The summed E-state index contributed by atoms with van der Waals surface area (Å²) >= 11 is 0. The maximum atomic E-state index is 12.1. The number of hydrogen-bond donors (Lipinski definition) is 1. The third-order valence-electron chi connectivity index (χ3n) is 4.54. The number of carbonyl (C=O) groups is 1. The molecule has 0 radical (unpaired) electrons. The highest BCUT2D eigenvalue weighted by molar-refractivity contribution is 5.74. The van der Waals surface area contributed by atoms with Crippen molar-refractivity contribution in [2.24, 2.45) is 5.92 Å². The molecule has 122 valence electrons. The van der Waals surface area contributed by atoms with Crippen molar-refractivity contribution in [3.63, 3.8) is 0 Å². The Morgan fingerprint density at radius 1 is 1.43 bits per heavy atom. The molecule has 21 heavy (non-hydrogen) atoms. The first-order chi connectivity index (χ1) is 10.2. The highest BCUT2D eigenvalue weighted by Crippen LogP contribution is 2.30. The molecule has 2 rings (SSSR count). The molecular weight excluding hydrogens is 268 g/mol. The van der Waals surface area contributed by atoms with Gasteiger partial charge < -0.3 is 19.7 Å². The van der Waals surface area contributed by atoms with Gasteiger partial charge in [-0.15, -0.1) is 0 Å². The average Bonchev–Trinajstić information content (AvgIpc) is 3.00. The molecule has 2 atom stereocenters. The van der Waals surface area contributed by atoms with Gasteiger partial charge in [0.25, 0.3) is 0 Å². The van der Waals surface area contributed by atoms with Crippen LogP contribution in [0, 0.1) is 5.92 Å². The fraction of sp³-hybridized carbons (Fsp3) is 0.938. The van der Waals surface area contributed by atoms with E-state index in [-0.39, 0.29) is 12.1 Å². The Kier molecular flexibility index (Phi) is 6.77. The van der Waals surface area contributed by atoms with Crippen molar-refractivity contribution in [3.8, 4) is 0 Å². The molecule has 1 saturated heterocycles. The molecule has 5 nitrogen and oxygen atoms in total. The van der Waals surface area contributed by atoms with Crippen LogP contribution in [-0.2, 0) is 9.47 Å². The van der Waals surface area contributed by atoms with Crippen molar-refractivity contribution >= 4 is 6.03 Å². The van der Waals surface area contributed by atoms with Gasteiger partial charge in [0.1, 0.15) is 0 Å². The predicted octanol–water partition coefficient (Wildman–Crippen LogP) is 2.40. The third kappa shape index (κ3) is 5.15. The monoisotopic (exact) mass is 298 g/mol. The topological polar surface area (TPSA) is 50.8 Å². The number of ether oxygens (including phenoxy) is 2. The molecular formula is C16H30N2O3. The molecule has 1 aliphatic heterocycles. The van der Waals surface area contributed by atoms with Crippen LogP contribution >= 0.6 is 0 Å². The van der Waals surface area contributed by atoms with E-state index in [1.165, 1.54) is 25.7 Å². The van der Waals surface area contributed by atoms with E-state index in [1.54, 1.807) is 0 Å². The number of nitrogens with zero attached hydrogens (tertiary/aromatic N) is 1. The van der Waals surface area contributed by atoms with Crippen molar-refractivity contribution < 1.29 is 14.3 Å². The Bertz CT molecular complexity index is 319. The summed E-state index contributed by atoms with van der Waals surface area (Å²) in [5.74, 6) is 0.685. The smallest absolute Gasteiger partial charge is 0.317 e. The van der Waals surface area contributed by atoms with Gasteiger partial charge in [0.15, 0.2) is 0 Å². The molecule has 0 aromatic heterocycles. The summed E-state index contributed by atoms with van der Waals surface area (Å²) in [6, 6.07) is 0.0341. The molecule has 2 amide bonds. The molecule has 1 N–H and O–H groups in total. The fourth-order valence-corrected chi connectivity index (χ4v) is 3.43. The molecule has 0 bridgehead atoms. The molecule has 2 unspecified atom stereocenters. The van der Waals surface area contributed by atoms with Crippen molar-refractivity contribution in [2.45, 2.75) is 58.2 Å². The number of nitrogens with one attached hydrogen (secondary N) is 1. The number of urea groups is 1. The highest BCUT2D eigenvalue weighted by Gasteiger charge is 2.26. The molecule has 5 heteroatoms. The predicted molar refractivity (Wildman–Crippen MR) is 82.4 cm³/mol. The maximum Gasteiger partial charge on any atom is 0.317 e. The summed E-state index contributed by atoms with van der Waals surface area (Å²) in [5, 5.41) is 3.04. The van der Waals surface area contributed by atoms with E-state index in [9.17, 15) is 4.79 Å². The summed E-state index contributed by atoms with van der Waals surface area (Å²) in [6.45, 7) is 7.53. The lowest BCUT2D eigenvalue weighted by Crippen LogP contribution is -2.49. The Morgan fingerprint density at radius 3 is 2.86 bits per heavy atom. The number of hydrogen-bond acceptors (Lipinski definition) is 3. The van der Waals surface area contributed by atoms with Crippen LogP contribution in [0.4, 0.5) is 4.79 Å². The van der Waals surface area contributed by atoms with Crippen LogP contribution in [0.5, 0.6) is 0 Å². The van der Waals surface area contributed by atoms with Gasteiger partial charge >= 0.3 is 6.03 Å². The van der Waals surface area contributed by atoms with Crippen molar-refractivity contribution in [2.75, 3.05) is 32.8 Å². The number of morpholine rings is 1. The summed E-state index contributed by atoms with van der Waals surface area (Å²) in [7, 11) is 0. The molecule has 0 spiro atoms. The van der Waals surface area contributed by atoms with Crippen molar-refractivity contribution in [1.29, 1.82) is 0 Å². The number of carbonyl (C=O) groups excluding carboxylic acids is 1. The lowest BCUT2D eigenvalue weighted by atomic mass is 9.98. The summed E-state index contributed by atoms with van der Waals surface area (Å²) in [5.41, 5.74) is 0. The van der Waals surface area contributed by atoms with Crippen LogP contribution in [0.25, 0.3) is 0 Å². The number of amides is 2. The highest BCUT2D eigenvalue weighted by atomic mass is 16.5. The van der Waals surface area contributed by atoms with Gasteiger partial charge in [-0.3, -0.25) is 0 Å². The molecule has 1 saturated carbocycles. The van der Waals surface area contributed by atoms with Gasteiger partial charge in [0, 0.05) is 26.2 Å². The molecule has 1 aliphatic carbocycles. The van der Waals surface area contributed by atoms with Gasteiger partial charge in [-0.1, -0.05) is 12.8 Å². The fourth-order valence-electron chi connectivity index (χ4n) is 3.43. The second-order valence-corrected chi connectivity index (χ2v) is 6.19. The van der Waals surface area contributed by atoms with Gasteiger partial charge in [-0.2, -0.15) is 0 Å². The quantitative estimate of drug-likeness (QED) is 0.819. The normalized spacial score (nSPS) is 25.0. The van der Waals surface area contributed by atoms with E-state index in [0.717, 1.165) is 13.0 Å². The summed E-state index contributed by atoms with van der Waals surface area (Å²) in [6.07, 6.45) is 6.57. The van der Waals surface area contributed by atoms with Crippen LogP contribution < -0.4 is 5.32 Å². The average molecular weight is 298 g/mol. The zero-order valence-corrected chi connectivity index (χ0v) is 13.5. The summed E-state index contributed by atoms with van der Waals surface area (Å²) < 4.78 is 11.3. The first kappa shape index (κ1) is 16.6. The zero-order chi connectivity index (χ0) is 15.1. The van der Waals surface area contributed by atoms with E-state index in [2.05, 4.69) is 12.2 Å². The molecule has 0 aromatic rings.